The lowest BCUT2D eigenvalue weighted by molar-refractivity contribution is -0.137. The maximum absolute atomic E-state index is 12.7. The summed E-state index contributed by atoms with van der Waals surface area (Å²) in [4.78, 5) is 21.1. The van der Waals surface area contributed by atoms with Crippen molar-refractivity contribution in [2.24, 2.45) is 0 Å². The summed E-state index contributed by atoms with van der Waals surface area (Å²) in [7, 11) is 1.46. The maximum atomic E-state index is 12.7. The van der Waals surface area contributed by atoms with Gasteiger partial charge in [-0.2, -0.15) is 13.2 Å². The third-order valence-electron chi connectivity index (χ3n) is 4.42. The van der Waals surface area contributed by atoms with Crippen LogP contribution in [-0.2, 0) is 6.18 Å². The van der Waals surface area contributed by atoms with Gasteiger partial charge in [-0.3, -0.25) is 4.79 Å². The molecule has 0 unspecified atom stereocenters. The van der Waals surface area contributed by atoms with Gasteiger partial charge in [-0.1, -0.05) is 23.7 Å². The van der Waals surface area contributed by atoms with E-state index in [1.165, 1.54) is 25.4 Å². The monoisotopic (exact) mass is 435 g/mol. The SMILES string of the molecule is COc1cc(Cl)c(C)cc1NC(=O)c1cnc(-c2ccc(C(F)(F)F)cc2)nc1C. The zero-order valence-electron chi connectivity index (χ0n) is 16.3. The molecule has 0 aliphatic carbocycles. The normalized spacial score (nSPS) is 11.3. The second-order valence-electron chi connectivity index (χ2n) is 6.52. The molecular formula is C21H17ClF3N3O2. The van der Waals surface area contributed by atoms with Crippen molar-refractivity contribution in [1.29, 1.82) is 0 Å². The van der Waals surface area contributed by atoms with Crippen LogP contribution < -0.4 is 10.1 Å². The Hall–Kier alpha value is -3.13. The summed E-state index contributed by atoms with van der Waals surface area (Å²) in [6.07, 6.45) is -3.09. The van der Waals surface area contributed by atoms with Crippen LogP contribution >= 0.6 is 11.6 Å². The fourth-order valence-electron chi connectivity index (χ4n) is 2.76. The summed E-state index contributed by atoms with van der Waals surface area (Å²) in [6.45, 7) is 3.42. The Balaban J connectivity index is 1.85. The number of benzene rings is 2. The Kier molecular flexibility index (Phi) is 5.98. The molecule has 1 aromatic heterocycles. The first-order chi connectivity index (χ1) is 14.1. The van der Waals surface area contributed by atoms with Gasteiger partial charge in [-0.15, -0.1) is 0 Å². The van der Waals surface area contributed by atoms with Crippen molar-refractivity contribution in [2.75, 3.05) is 12.4 Å². The first kappa shape index (κ1) is 21.6. The van der Waals surface area contributed by atoms with Gasteiger partial charge in [0.05, 0.1) is 29.6 Å². The number of rotatable bonds is 4. The molecule has 3 aromatic rings. The highest BCUT2D eigenvalue weighted by Crippen LogP contribution is 2.32. The predicted molar refractivity (Wildman–Crippen MR) is 108 cm³/mol. The van der Waals surface area contributed by atoms with Gasteiger partial charge in [-0.25, -0.2) is 9.97 Å². The quantitative estimate of drug-likeness (QED) is 0.571. The van der Waals surface area contributed by atoms with E-state index in [1.807, 2.05) is 0 Å². The average Bonchev–Trinajstić information content (AvgIpc) is 2.69. The molecule has 0 fully saturated rings. The molecule has 0 aliphatic rings. The highest BCUT2D eigenvalue weighted by molar-refractivity contribution is 6.31. The van der Waals surface area contributed by atoms with Crippen molar-refractivity contribution >= 4 is 23.2 Å². The first-order valence-electron chi connectivity index (χ1n) is 8.77. The smallest absolute Gasteiger partial charge is 0.416 e. The molecular weight excluding hydrogens is 419 g/mol. The Bertz CT molecular complexity index is 1100. The van der Waals surface area contributed by atoms with Crippen molar-refractivity contribution in [3.8, 4) is 17.1 Å². The molecule has 9 heteroatoms. The number of hydrogen-bond acceptors (Lipinski definition) is 4. The molecule has 0 radical (unpaired) electrons. The summed E-state index contributed by atoms with van der Waals surface area (Å²) in [5, 5.41) is 3.25. The Morgan fingerprint density at radius 1 is 1.13 bits per heavy atom. The predicted octanol–water partition coefficient (Wildman–Crippen LogP) is 5.69. The molecule has 1 heterocycles. The number of alkyl halides is 3. The molecule has 0 aliphatic heterocycles. The van der Waals surface area contributed by atoms with Crippen LogP contribution in [0.5, 0.6) is 5.75 Å². The molecule has 0 bridgehead atoms. The minimum atomic E-state index is -4.42. The third kappa shape index (κ3) is 4.54. The fourth-order valence-corrected chi connectivity index (χ4v) is 2.91. The van der Waals surface area contributed by atoms with E-state index in [0.717, 1.165) is 17.7 Å². The van der Waals surface area contributed by atoms with Crippen LogP contribution in [-0.4, -0.2) is 23.0 Å². The maximum Gasteiger partial charge on any atom is 0.416 e. The second-order valence-corrected chi connectivity index (χ2v) is 6.93. The number of carbonyl (C=O) groups excluding carboxylic acids is 1. The standard InChI is InChI=1S/C21H17ClF3N3O2/c1-11-8-17(18(30-3)9-16(11)22)28-20(29)15-10-26-19(27-12(15)2)13-4-6-14(7-5-13)21(23,24)25/h4-10H,1-3H3,(H,28,29). The van der Waals surface area contributed by atoms with E-state index >= 15 is 0 Å². The summed E-state index contributed by atoms with van der Waals surface area (Å²) < 4.78 is 43.4. The Morgan fingerprint density at radius 3 is 2.37 bits per heavy atom. The minimum Gasteiger partial charge on any atom is -0.495 e. The molecule has 0 saturated heterocycles. The zero-order valence-corrected chi connectivity index (χ0v) is 17.0. The molecule has 30 heavy (non-hydrogen) atoms. The number of aryl methyl sites for hydroxylation is 2. The summed E-state index contributed by atoms with van der Waals surface area (Å²) in [5.74, 6) is 0.170. The van der Waals surface area contributed by atoms with Gasteiger partial charge in [0.15, 0.2) is 5.82 Å². The number of amides is 1. The highest BCUT2D eigenvalue weighted by Gasteiger charge is 2.30. The molecule has 0 atom stereocenters. The molecule has 2 aromatic carbocycles. The lowest BCUT2D eigenvalue weighted by Gasteiger charge is -2.13. The highest BCUT2D eigenvalue weighted by atomic mass is 35.5. The van der Waals surface area contributed by atoms with Gasteiger partial charge in [0.25, 0.3) is 5.91 Å². The van der Waals surface area contributed by atoms with Crippen LogP contribution in [0.3, 0.4) is 0 Å². The Morgan fingerprint density at radius 2 is 1.80 bits per heavy atom. The van der Waals surface area contributed by atoms with Crippen LogP contribution in [0, 0.1) is 13.8 Å². The third-order valence-corrected chi connectivity index (χ3v) is 4.83. The van der Waals surface area contributed by atoms with Crippen molar-refractivity contribution in [3.63, 3.8) is 0 Å². The number of anilines is 1. The molecule has 3 rings (SSSR count). The summed E-state index contributed by atoms with van der Waals surface area (Å²) >= 11 is 6.08. The molecule has 1 N–H and O–H groups in total. The van der Waals surface area contributed by atoms with E-state index < -0.39 is 17.6 Å². The van der Waals surface area contributed by atoms with E-state index in [0.29, 0.717) is 27.7 Å². The van der Waals surface area contributed by atoms with Gasteiger partial charge in [0.2, 0.25) is 0 Å². The topological polar surface area (TPSA) is 64.1 Å². The van der Waals surface area contributed by atoms with Crippen LogP contribution in [0.15, 0.2) is 42.6 Å². The average molecular weight is 436 g/mol. The fraction of sp³-hybridized carbons (Fsp3) is 0.190. The largest absolute Gasteiger partial charge is 0.495 e. The lowest BCUT2D eigenvalue weighted by Crippen LogP contribution is -2.16. The van der Waals surface area contributed by atoms with Gasteiger partial charge >= 0.3 is 6.18 Å². The van der Waals surface area contributed by atoms with E-state index in [1.54, 1.807) is 26.0 Å². The number of hydrogen-bond donors (Lipinski definition) is 1. The van der Waals surface area contributed by atoms with Crippen LogP contribution in [0.2, 0.25) is 5.02 Å². The number of ether oxygens (including phenoxy) is 1. The van der Waals surface area contributed by atoms with Gasteiger partial charge < -0.3 is 10.1 Å². The summed E-state index contributed by atoms with van der Waals surface area (Å²) in [6, 6.07) is 7.79. The number of methoxy groups -OCH3 is 1. The molecule has 5 nitrogen and oxygen atoms in total. The number of nitrogens with one attached hydrogen (secondary N) is 1. The van der Waals surface area contributed by atoms with Crippen molar-refractivity contribution < 1.29 is 22.7 Å². The lowest BCUT2D eigenvalue weighted by atomic mass is 10.1. The van der Waals surface area contributed by atoms with E-state index in [9.17, 15) is 18.0 Å². The number of nitrogens with zero attached hydrogens (tertiary/aromatic N) is 2. The number of carbonyl (C=O) groups is 1. The van der Waals surface area contributed by atoms with E-state index in [-0.39, 0.29) is 11.4 Å². The Labute approximate surface area is 175 Å². The molecule has 0 saturated carbocycles. The first-order valence-corrected chi connectivity index (χ1v) is 9.14. The number of aromatic nitrogens is 2. The van der Waals surface area contributed by atoms with Crippen LogP contribution in [0.4, 0.5) is 18.9 Å². The number of halogens is 4. The molecule has 1 amide bonds. The van der Waals surface area contributed by atoms with Gasteiger partial charge in [-0.05, 0) is 37.6 Å². The van der Waals surface area contributed by atoms with Crippen LogP contribution in [0.25, 0.3) is 11.4 Å². The van der Waals surface area contributed by atoms with Crippen LogP contribution in [0.1, 0.15) is 27.2 Å². The van der Waals surface area contributed by atoms with E-state index in [2.05, 4.69) is 15.3 Å². The van der Waals surface area contributed by atoms with E-state index in [4.69, 9.17) is 16.3 Å². The molecule has 0 spiro atoms. The van der Waals surface area contributed by atoms with Gasteiger partial charge in [0.1, 0.15) is 5.75 Å². The zero-order chi connectivity index (χ0) is 22.1. The second kappa shape index (κ2) is 8.31. The van der Waals surface area contributed by atoms with Crippen molar-refractivity contribution in [3.05, 3.63) is 70.0 Å². The molecule has 156 valence electrons. The van der Waals surface area contributed by atoms with Crippen molar-refractivity contribution in [1.82, 2.24) is 9.97 Å². The van der Waals surface area contributed by atoms with Gasteiger partial charge in [0, 0.05) is 22.8 Å². The van der Waals surface area contributed by atoms with Crippen molar-refractivity contribution in [2.45, 2.75) is 20.0 Å². The minimum absolute atomic E-state index is 0.220. The summed E-state index contributed by atoms with van der Waals surface area (Å²) in [5.41, 5.74) is 1.45.